The number of hydrogen-bond donors (Lipinski definition) is 9. The Bertz CT molecular complexity index is 1260. The van der Waals surface area contributed by atoms with Crippen molar-refractivity contribution in [3.63, 3.8) is 0 Å². The van der Waals surface area contributed by atoms with Crippen molar-refractivity contribution in [1.29, 1.82) is 0 Å². The van der Waals surface area contributed by atoms with E-state index in [-0.39, 0.29) is 18.9 Å². The third-order valence-electron chi connectivity index (χ3n) is 11.0. The van der Waals surface area contributed by atoms with Crippen LogP contribution in [0.15, 0.2) is 60.8 Å². The lowest BCUT2D eigenvalue weighted by atomic mass is 9.97. The van der Waals surface area contributed by atoms with Crippen LogP contribution in [0.4, 0.5) is 0 Å². The monoisotopic (exact) mass is 868 g/mol. The second kappa shape index (κ2) is 34.1. The summed E-state index contributed by atoms with van der Waals surface area (Å²) in [5, 5.41) is 86.4. The van der Waals surface area contributed by atoms with Gasteiger partial charge in [-0.25, -0.2) is 0 Å². The van der Waals surface area contributed by atoms with Crippen molar-refractivity contribution in [3.05, 3.63) is 60.8 Å². The quantitative estimate of drug-likeness (QED) is 0.0322. The normalized spacial score (nSPS) is 28.6. The van der Waals surface area contributed by atoms with Crippen LogP contribution in [0.2, 0.25) is 0 Å². The molecule has 352 valence electrons. The molecule has 14 heteroatoms. The van der Waals surface area contributed by atoms with Crippen LogP contribution in [0, 0.1) is 0 Å². The van der Waals surface area contributed by atoms with Gasteiger partial charge in [0.2, 0.25) is 5.91 Å². The maximum atomic E-state index is 13.1. The molecule has 2 aliphatic heterocycles. The minimum absolute atomic E-state index is 0.226. The van der Waals surface area contributed by atoms with Crippen molar-refractivity contribution in [2.45, 2.75) is 209 Å². The van der Waals surface area contributed by atoms with Gasteiger partial charge in [-0.1, -0.05) is 132 Å². The van der Waals surface area contributed by atoms with E-state index >= 15 is 0 Å². The first-order chi connectivity index (χ1) is 29.6. The molecule has 2 aliphatic rings. The molecule has 0 aromatic rings. The van der Waals surface area contributed by atoms with Crippen LogP contribution in [0.25, 0.3) is 0 Å². The Labute approximate surface area is 365 Å². The van der Waals surface area contributed by atoms with Gasteiger partial charge in [0, 0.05) is 6.42 Å². The van der Waals surface area contributed by atoms with Crippen molar-refractivity contribution in [3.8, 4) is 0 Å². The smallest absolute Gasteiger partial charge is 0.220 e. The first-order valence-electron chi connectivity index (χ1n) is 23.0. The summed E-state index contributed by atoms with van der Waals surface area (Å²) in [5.74, 6) is -0.285. The van der Waals surface area contributed by atoms with Crippen molar-refractivity contribution >= 4 is 5.91 Å². The topological polar surface area (TPSA) is 228 Å². The van der Waals surface area contributed by atoms with Gasteiger partial charge in [-0.2, -0.15) is 0 Å². The lowest BCUT2D eigenvalue weighted by molar-refractivity contribution is -0.359. The zero-order chi connectivity index (χ0) is 44.7. The molecule has 2 fully saturated rings. The fraction of sp³-hybridized carbons (Fsp3) is 0.766. The van der Waals surface area contributed by atoms with E-state index in [1.54, 1.807) is 6.08 Å². The maximum Gasteiger partial charge on any atom is 0.220 e. The molecule has 1 amide bonds. The zero-order valence-corrected chi connectivity index (χ0v) is 36.9. The molecule has 0 aliphatic carbocycles. The van der Waals surface area contributed by atoms with Crippen molar-refractivity contribution < 1.29 is 64.6 Å². The molecule has 14 nitrogen and oxygen atoms in total. The van der Waals surface area contributed by atoms with E-state index in [9.17, 15) is 45.6 Å². The standard InChI is InChI=1S/C47H81NO13/c1-3-5-7-9-11-13-15-17-18-19-21-23-25-27-29-31-39(52)48-35(36(51)30-28-26-24-22-20-16-14-12-10-8-6-4-2)34-58-46-44(57)42(55)45(38(33-50)60-46)61-47-43(56)41(54)40(53)37(32-49)59-47/h5,7,11,13,17-18,21,23,28,30,35-38,40-47,49-51,53-57H,3-4,6,8-10,12,14-16,19-20,22,24-27,29,31-34H2,1-2H3,(H,48,52)/b7-5-,13-11-,18-17-,23-21-,30-28+. The summed E-state index contributed by atoms with van der Waals surface area (Å²) in [5.41, 5.74) is 0. The molecule has 9 N–H and O–H groups in total. The Morgan fingerprint density at radius 3 is 1.74 bits per heavy atom. The summed E-state index contributed by atoms with van der Waals surface area (Å²) in [7, 11) is 0. The van der Waals surface area contributed by atoms with Gasteiger partial charge in [-0.3, -0.25) is 4.79 Å². The number of unbranched alkanes of at least 4 members (excludes halogenated alkanes) is 12. The van der Waals surface area contributed by atoms with Crippen LogP contribution in [-0.4, -0.2) is 140 Å². The lowest BCUT2D eigenvalue weighted by Gasteiger charge is -2.46. The number of nitrogens with one attached hydrogen (secondary N) is 1. The first kappa shape index (κ1) is 54.8. The largest absolute Gasteiger partial charge is 0.394 e. The van der Waals surface area contributed by atoms with E-state index in [1.807, 2.05) is 6.08 Å². The number of amides is 1. The van der Waals surface area contributed by atoms with Gasteiger partial charge >= 0.3 is 0 Å². The summed E-state index contributed by atoms with van der Waals surface area (Å²) in [6.45, 7) is 2.59. The molecule has 0 bridgehead atoms. The van der Waals surface area contributed by atoms with Gasteiger partial charge in [-0.15, -0.1) is 0 Å². The Hall–Kier alpha value is -2.31. The van der Waals surface area contributed by atoms with Gasteiger partial charge in [0.15, 0.2) is 12.6 Å². The van der Waals surface area contributed by atoms with Gasteiger partial charge in [0.1, 0.15) is 48.8 Å². The van der Waals surface area contributed by atoms with Crippen LogP contribution in [0.5, 0.6) is 0 Å². The molecule has 0 saturated carbocycles. The van der Waals surface area contributed by atoms with E-state index in [0.29, 0.717) is 6.42 Å². The molecular formula is C47H81NO13. The molecule has 61 heavy (non-hydrogen) atoms. The lowest BCUT2D eigenvalue weighted by Crippen LogP contribution is -2.65. The summed E-state index contributed by atoms with van der Waals surface area (Å²) < 4.78 is 22.6. The Morgan fingerprint density at radius 2 is 1.13 bits per heavy atom. The Morgan fingerprint density at radius 1 is 0.607 bits per heavy atom. The highest BCUT2D eigenvalue weighted by molar-refractivity contribution is 5.76. The molecule has 2 heterocycles. The first-order valence-corrected chi connectivity index (χ1v) is 23.0. The van der Waals surface area contributed by atoms with Crippen LogP contribution < -0.4 is 5.32 Å². The third-order valence-corrected chi connectivity index (χ3v) is 11.0. The van der Waals surface area contributed by atoms with E-state index in [0.717, 1.165) is 64.2 Å². The molecule has 0 radical (unpaired) electrons. The van der Waals surface area contributed by atoms with Crippen LogP contribution in [0.1, 0.15) is 136 Å². The fourth-order valence-electron chi connectivity index (χ4n) is 7.16. The minimum Gasteiger partial charge on any atom is -0.394 e. The van der Waals surface area contributed by atoms with Crippen molar-refractivity contribution in [2.24, 2.45) is 0 Å². The minimum atomic E-state index is -1.79. The summed E-state index contributed by atoms with van der Waals surface area (Å²) in [6.07, 6.45) is 22.7. The highest BCUT2D eigenvalue weighted by Gasteiger charge is 2.50. The molecule has 0 aromatic heterocycles. The maximum absolute atomic E-state index is 13.1. The summed E-state index contributed by atoms with van der Waals surface area (Å²) in [4.78, 5) is 13.1. The third kappa shape index (κ3) is 22.2. The number of carbonyl (C=O) groups is 1. The molecule has 12 atom stereocenters. The number of rotatable bonds is 33. The van der Waals surface area contributed by atoms with Gasteiger partial charge in [-0.05, 0) is 57.8 Å². The number of aliphatic hydroxyl groups excluding tert-OH is 8. The van der Waals surface area contributed by atoms with Crippen molar-refractivity contribution in [2.75, 3.05) is 19.8 Å². The van der Waals surface area contributed by atoms with E-state index < -0.39 is 86.8 Å². The summed E-state index contributed by atoms with van der Waals surface area (Å²) >= 11 is 0. The molecule has 12 unspecified atom stereocenters. The number of carbonyl (C=O) groups excluding carboxylic acids is 1. The Balaban J connectivity index is 1.92. The van der Waals surface area contributed by atoms with E-state index in [2.05, 4.69) is 67.8 Å². The highest BCUT2D eigenvalue weighted by Crippen LogP contribution is 2.30. The van der Waals surface area contributed by atoms with E-state index in [1.165, 1.54) is 44.9 Å². The Kier molecular flexibility index (Phi) is 30.7. The predicted octanol–water partition coefficient (Wildman–Crippen LogP) is 4.71. The molecular weight excluding hydrogens is 787 g/mol. The van der Waals surface area contributed by atoms with Crippen LogP contribution in [-0.2, 0) is 23.7 Å². The number of hydrogen-bond acceptors (Lipinski definition) is 13. The second-order valence-electron chi connectivity index (χ2n) is 16.1. The SMILES string of the molecule is CC/C=C\C/C=C\C/C=C\C/C=C\CCCCC(=O)NC(COC1OC(CO)C(OC2OC(CO)C(O)C(O)C2O)C(O)C1O)C(O)/C=C/CCCCCCCCCCCC. The van der Waals surface area contributed by atoms with Gasteiger partial charge < -0.3 is 65.1 Å². The average Bonchev–Trinajstić information content (AvgIpc) is 3.26. The average molecular weight is 868 g/mol. The molecule has 0 spiro atoms. The van der Waals surface area contributed by atoms with Crippen molar-refractivity contribution in [1.82, 2.24) is 5.32 Å². The van der Waals surface area contributed by atoms with E-state index in [4.69, 9.17) is 18.9 Å². The highest BCUT2D eigenvalue weighted by atomic mass is 16.7. The second-order valence-corrected chi connectivity index (χ2v) is 16.1. The number of allylic oxidation sites excluding steroid dienone is 9. The van der Waals surface area contributed by atoms with Gasteiger partial charge in [0.25, 0.3) is 0 Å². The molecule has 0 aromatic carbocycles. The van der Waals surface area contributed by atoms with Crippen LogP contribution in [0.3, 0.4) is 0 Å². The van der Waals surface area contributed by atoms with Crippen LogP contribution >= 0.6 is 0 Å². The zero-order valence-electron chi connectivity index (χ0n) is 36.9. The predicted molar refractivity (Wildman–Crippen MR) is 235 cm³/mol. The fourth-order valence-corrected chi connectivity index (χ4v) is 7.16. The van der Waals surface area contributed by atoms with Gasteiger partial charge in [0.05, 0.1) is 32.0 Å². The number of ether oxygens (including phenoxy) is 4. The molecule has 2 saturated heterocycles. The number of aliphatic hydroxyl groups is 8. The molecule has 2 rings (SSSR count). The summed E-state index contributed by atoms with van der Waals surface area (Å²) in [6, 6.07) is -0.936.